The van der Waals surface area contributed by atoms with Crippen LogP contribution in [0.2, 0.25) is 0 Å². The fourth-order valence-corrected chi connectivity index (χ4v) is 6.11. The van der Waals surface area contributed by atoms with Gasteiger partial charge in [-0.15, -0.1) is 0 Å². The summed E-state index contributed by atoms with van der Waals surface area (Å²) < 4.78 is 109. The highest BCUT2D eigenvalue weighted by Crippen LogP contribution is 2.36. The largest absolute Gasteiger partial charge is 0.480 e. The van der Waals surface area contributed by atoms with Crippen LogP contribution in [-0.4, -0.2) is 27.9 Å². The second-order valence-corrected chi connectivity index (χ2v) is 11.6. The molecule has 3 aromatic carbocycles. The van der Waals surface area contributed by atoms with Crippen LogP contribution in [0.5, 0.6) is 0 Å². The summed E-state index contributed by atoms with van der Waals surface area (Å²) >= 11 is 0. The van der Waals surface area contributed by atoms with Crippen LogP contribution >= 0.6 is 0 Å². The van der Waals surface area contributed by atoms with E-state index in [-0.39, 0.29) is 10.9 Å². The van der Waals surface area contributed by atoms with E-state index in [9.17, 15) is 43.2 Å². The molecule has 0 amide bonds. The van der Waals surface area contributed by atoms with Gasteiger partial charge in [-0.25, -0.2) is 16.8 Å². The third kappa shape index (κ3) is 7.22. The summed E-state index contributed by atoms with van der Waals surface area (Å²) in [5, 5.41) is 0. The van der Waals surface area contributed by atoms with E-state index in [0.717, 1.165) is 4.13 Å². The van der Waals surface area contributed by atoms with Crippen molar-refractivity contribution < 1.29 is 43.2 Å². The molecule has 0 bridgehead atoms. The predicted molar refractivity (Wildman–Crippen MR) is 115 cm³/mol. The van der Waals surface area contributed by atoms with Crippen molar-refractivity contribution in [2.24, 2.45) is 0 Å². The average molecular weight is 544 g/mol. The first-order valence-corrected chi connectivity index (χ1v) is 13.0. The van der Waals surface area contributed by atoms with Crippen molar-refractivity contribution in [3.05, 3.63) is 95.1 Å². The molecular formula is C20H15F6NO4S3. The summed E-state index contributed by atoms with van der Waals surface area (Å²) in [5.74, 6) is 0. The molecule has 0 aliphatic heterocycles. The van der Waals surface area contributed by atoms with Crippen molar-refractivity contribution in [2.45, 2.75) is 25.7 Å². The number of alkyl halides is 6. The summed E-state index contributed by atoms with van der Waals surface area (Å²) in [6.07, 6.45) is 0. The number of hydrogen-bond donors (Lipinski definition) is 0. The van der Waals surface area contributed by atoms with Crippen LogP contribution in [0, 0.1) is 0 Å². The second-order valence-electron chi connectivity index (χ2n) is 6.16. The Morgan fingerprint density at radius 1 is 0.500 bits per heavy atom. The summed E-state index contributed by atoms with van der Waals surface area (Å²) in [4.78, 5) is 4.08. The van der Waals surface area contributed by atoms with Gasteiger partial charge in [-0.1, -0.05) is 54.6 Å². The Balaban J connectivity index is 0.000000249. The molecule has 0 unspecified atom stereocenters. The van der Waals surface area contributed by atoms with Crippen LogP contribution in [0.1, 0.15) is 0 Å². The lowest BCUT2D eigenvalue weighted by Crippen LogP contribution is -2.30. The van der Waals surface area contributed by atoms with Crippen LogP contribution in [0.3, 0.4) is 0 Å². The number of sulfonamides is 2. The Morgan fingerprint density at radius 3 is 0.941 bits per heavy atom. The lowest BCUT2D eigenvalue weighted by molar-refractivity contribution is -0.0444. The summed E-state index contributed by atoms with van der Waals surface area (Å²) in [6.45, 7) is 0. The highest BCUT2D eigenvalue weighted by atomic mass is 32.3. The third-order valence-electron chi connectivity index (χ3n) is 3.72. The topological polar surface area (TPSA) is 82.4 Å². The third-order valence-corrected chi connectivity index (χ3v) is 8.69. The summed E-state index contributed by atoms with van der Waals surface area (Å²) in [6, 6.07) is 32.2. The lowest BCUT2D eigenvalue weighted by atomic mass is 10.4. The molecule has 34 heavy (non-hydrogen) atoms. The quantitative estimate of drug-likeness (QED) is 0.299. The number of halogens is 6. The molecule has 0 fully saturated rings. The minimum absolute atomic E-state index is 0.0146. The maximum Gasteiger partial charge on any atom is 0.480 e. The van der Waals surface area contributed by atoms with Crippen LogP contribution in [0.25, 0.3) is 4.13 Å². The van der Waals surface area contributed by atoms with E-state index in [1.807, 2.05) is 0 Å². The zero-order chi connectivity index (χ0) is 25.6. The van der Waals surface area contributed by atoms with Gasteiger partial charge in [0.25, 0.3) is 0 Å². The number of nitrogens with zero attached hydrogens (tertiary/aromatic N) is 1. The molecular weight excluding hydrogens is 528 g/mol. The van der Waals surface area contributed by atoms with Gasteiger partial charge in [-0.2, -0.15) is 26.3 Å². The second kappa shape index (κ2) is 10.8. The van der Waals surface area contributed by atoms with E-state index in [1.165, 1.54) is 14.7 Å². The van der Waals surface area contributed by atoms with E-state index >= 15 is 0 Å². The minimum atomic E-state index is -6.72. The molecule has 5 nitrogen and oxygen atoms in total. The molecule has 3 aromatic rings. The van der Waals surface area contributed by atoms with Crippen LogP contribution in [0.15, 0.2) is 106 Å². The Labute approximate surface area is 194 Å². The monoisotopic (exact) mass is 543 g/mol. The molecule has 3 rings (SSSR count). The van der Waals surface area contributed by atoms with Crippen molar-refractivity contribution in [1.82, 2.24) is 0 Å². The first-order valence-electron chi connectivity index (χ1n) is 8.92. The van der Waals surface area contributed by atoms with Gasteiger partial charge < -0.3 is 4.13 Å². The highest BCUT2D eigenvalue weighted by Gasteiger charge is 2.46. The van der Waals surface area contributed by atoms with Gasteiger partial charge in [-0.3, -0.25) is 0 Å². The van der Waals surface area contributed by atoms with Crippen LogP contribution in [-0.2, 0) is 30.9 Å². The van der Waals surface area contributed by atoms with E-state index in [4.69, 9.17) is 0 Å². The van der Waals surface area contributed by atoms with Crippen LogP contribution in [0.4, 0.5) is 26.3 Å². The summed E-state index contributed by atoms with van der Waals surface area (Å²) in [7, 11) is -13.5. The molecule has 0 aliphatic rings. The maximum absolute atomic E-state index is 11.4. The normalized spacial score (nSPS) is 12.7. The van der Waals surface area contributed by atoms with Crippen LogP contribution < -0.4 is 0 Å². The Bertz CT molecular complexity index is 1130. The SMILES string of the molecule is O=S(=O)([N-]S(=O)(=O)C(F)(F)F)C(F)(F)F.c1ccc([S+](c2ccccc2)c2ccccc2)cc1. The maximum atomic E-state index is 11.4. The molecule has 184 valence electrons. The van der Waals surface area contributed by atoms with Crippen molar-refractivity contribution in [3.63, 3.8) is 0 Å². The minimum Gasteiger partial charge on any atom is -0.421 e. The van der Waals surface area contributed by atoms with Crippen molar-refractivity contribution in [3.8, 4) is 0 Å². The van der Waals surface area contributed by atoms with Gasteiger partial charge in [0.1, 0.15) is 0 Å². The molecule has 0 aromatic heterocycles. The predicted octanol–water partition coefficient (Wildman–Crippen LogP) is 5.84. The van der Waals surface area contributed by atoms with E-state index < -0.39 is 31.1 Å². The van der Waals surface area contributed by atoms with Crippen molar-refractivity contribution in [1.29, 1.82) is 0 Å². The molecule has 14 heteroatoms. The highest BCUT2D eigenvalue weighted by molar-refractivity contribution is 8.13. The molecule has 0 aliphatic carbocycles. The Hall–Kier alpha value is -2.55. The molecule has 0 radical (unpaired) electrons. The van der Waals surface area contributed by atoms with Gasteiger partial charge in [0.05, 0.1) is 10.9 Å². The van der Waals surface area contributed by atoms with E-state index in [0.29, 0.717) is 0 Å². The van der Waals surface area contributed by atoms with Crippen molar-refractivity contribution >= 4 is 30.9 Å². The number of benzene rings is 3. The van der Waals surface area contributed by atoms with E-state index in [2.05, 4.69) is 91.0 Å². The molecule has 0 heterocycles. The molecule has 0 spiro atoms. The fourth-order valence-electron chi connectivity index (χ4n) is 2.29. The first kappa shape index (κ1) is 27.7. The molecule has 0 atom stereocenters. The average Bonchev–Trinajstić information content (AvgIpc) is 2.74. The van der Waals surface area contributed by atoms with Gasteiger partial charge >= 0.3 is 11.0 Å². The van der Waals surface area contributed by atoms with E-state index in [1.54, 1.807) is 0 Å². The van der Waals surface area contributed by atoms with Crippen molar-refractivity contribution in [2.75, 3.05) is 0 Å². The number of rotatable bonds is 5. The van der Waals surface area contributed by atoms with Gasteiger partial charge in [-0.05, 0) is 36.4 Å². The summed E-state index contributed by atoms with van der Waals surface area (Å²) in [5.41, 5.74) is -12.4. The fraction of sp³-hybridized carbons (Fsp3) is 0.100. The smallest absolute Gasteiger partial charge is 0.421 e. The lowest BCUT2D eigenvalue weighted by Gasteiger charge is -2.22. The Morgan fingerprint density at radius 2 is 0.735 bits per heavy atom. The standard InChI is InChI=1S/C18H15S.C2F6NO4S2/c1-4-10-16(11-5-1)19(17-12-6-2-7-13-17)18-14-8-3-9-15-18;3-1(4,5)14(10,11)9-15(12,13)2(6,7)8/h1-15H;/q+1;-1. The molecule has 0 N–H and O–H groups in total. The zero-order valence-corrected chi connectivity index (χ0v) is 19.2. The number of hydrogen-bond acceptors (Lipinski definition) is 4. The Kier molecular flexibility index (Phi) is 8.80. The van der Waals surface area contributed by atoms with Gasteiger partial charge in [0.2, 0.25) is 0 Å². The zero-order valence-electron chi connectivity index (χ0n) is 16.7. The molecule has 0 saturated heterocycles. The van der Waals surface area contributed by atoms with Gasteiger partial charge in [0.15, 0.2) is 34.7 Å². The van der Waals surface area contributed by atoms with Gasteiger partial charge in [0, 0.05) is 0 Å². The molecule has 0 saturated carbocycles. The first-order chi connectivity index (χ1) is 15.7.